The maximum atomic E-state index is 12.3. The van der Waals surface area contributed by atoms with Gasteiger partial charge in [-0.25, -0.2) is 0 Å². The molecule has 0 unspecified atom stereocenters. The average molecular weight is 410 g/mol. The quantitative estimate of drug-likeness (QED) is 0.592. The first-order valence-corrected chi connectivity index (χ1v) is 8.90. The number of furan rings is 1. The van der Waals surface area contributed by atoms with Crippen LogP contribution in [0.5, 0.6) is 5.75 Å². The number of thioether (sulfide) groups is 1. The van der Waals surface area contributed by atoms with Gasteiger partial charge < -0.3 is 14.3 Å². The maximum absolute atomic E-state index is 12.3. The van der Waals surface area contributed by atoms with Gasteiger partial charge in [-0.1, -0.05) is 35.6 Å². The number of methoxy groups -OCH3 is 1. The van der Waals surface area contributed by atoms with Crippen LogP contribution in [0.15, 0.2) is 39.7 Å². The highest BCUT2D eigenvalue weighted by Gasteiger charge is 2.33. The molecule has 0 spiro atoms. The van der Waals surface area contributed by atoms with Crippen molar-refractivity contribution in [3.8, 4) is 17.1 Å². The predicted octanol–water partition coefficient (Wildman–Crippen LogP) is 3.89. The average Bonchev–Trinajstić information content (AvgIpc) is 3.15. The van der Waals surface area contributed by atoms with Crippen LogP contribution in [-0.2, 0) is 9.59 Å². The fraction of sp³-hybridized carbons (Fsp3) is 0.118. The van der Waals surface area contributed by atoms with Crippen molar-refractivity contribution in [2.45, 2.75) is 0 Å². The number of halogens is 1. The number of carboxylic acids is 1. The van der Waals surface area contributed by atoms with E-state index in [0.717, 1.165) is 22.2 Å². The first kappa shape index (κ1) is 18.5. The topological polar surface area (TPSA) is 80.0 Å². The molecular weight excluding hydrogens is 398 g/mol. The van der Waals surface area contributed by atoms with Crippen LogP contribution in [0, 0.1) is 0 Å². The molecule has 0 radical (unpaired) electrons. The number of carbonyl (C=O) groups is 2. The Morgan fingerprint density at radius 3 is 2.85 bits per heavy atom. The van der Waals surface area contributed by atoms with Gasteiger partial charge in [0.15, 0.2) is 0 Å². The largest absolute Gasteiger partial charge is 0.495 e. The van der Waals surface area contributed by atoms with Crippen LogP contribution < -0.4 is 4.74 Å². The highest BCUT2D eigenvalue weighted by Crippen LogP contribution is 2.34. The molecule has 26 heavy (non-hydrogen) atoms. The third-order valence-corrected chi connectivity index (χ3v) is 5.18. The van der Waals surface area contributed by atoms with E-state index in [-0.39, 0.29) is 4.32 Å². The Morgan fingerprint density at radius 1 is 1.42 bits per heavy atom. The molecule has 2 aromatic rings. The number of thiocarbonyl (C=S) groups is 1. The molecule has 2 heterocycles. The van der Waals surface area contributed by atoms with Gasteiger partial charge in [-0.3, -0.25) is 14.5 Å². The molecule has 0 bridgehead atoms. The van der Waals surface area contributed by atoms with Crippen molar-refractivity contribution in [1.82, 2.24) is 4.90 Å². The number of carboxylic acid groups (broad SMARTS) is 1. The van der Waals surface area contributed by atoms with Gasteiger partial charge in [0.2, 0.25) is 0 Å². The molecule has 3 rings (SSSR count). The molecule has 1 fully saturated rings. The fourth-order valence-corrected chi connectivity index (χ4v) is 3.80. The van der Waals surface area contributed by atoms with E-state index in [1.165, 1.54) is 13.2 Å². The number of hydrogen-bond acceptors (Lipinski definition) is 6. The summed E-state index contributed by atoms with van der Waals surface area (Å²) >= 11 is 12.2. The van der Waals surface area contributed by atoms with E-state index >= 15 is 0 Å². The number of benzene rings is 1. The van der Waals surface area contributed by atoms with Crippen molar-refractivity contribution in [1.29, 1.82) is 0 Å². The lowest BCUT2D eigenvalue weighted by molar-refractivity contribution is -0.140. The van der Waals surface area contributed by atoms with Crippen LogP contribution in [0.4, 0.5) is 0 Å². The van der Waals surface area contributed by atoms with Crippen LogP contribution in [0.2, 0.25) is 5.02 Å². The van der Waals surface area contributed by atoms with E-state index in [0.29, 0.717) is 27.2 Å². The highest BCUT2D eigenvalue weighted by atomic mass is 35.5. The number of aliphatic carboxylic acids is 1. The van der Waals surface area contributed by atoms with Gasteiger partial charge in [-0.2, -0.15) is 0 Å². The third-order valence-electron chi connectivity index (χ3n) is 3.50. The van der Waals surface area contributed by atoms with Gasteiger partial charge in [0.25, 0.3) is 5.91 Å². The monoisotopic (exact) mass is 409 g/mol. The van der Waals surface area contributed by atoms with E-state index in [4.69, 9.17) is 38.1 Å². The van der Waals surface area contributed by atoms with E-state index in [9.17, 15) is 9.59 Å². The molecule has 1 N–H and O–H groups in total. The Bertz CT molecular complexity index is 937. The zero-order valence-corrected chi connectivity index (χ0v) is 15.8. The van der Waals surface area contributed by atoms with Crippen molar-refractivity contribution in [3.05, 3.63) is 46.0 Å². The first-order valence-electron chi connectivity index (χ1n) is 7.30. The molecular formula is C17H12ClNO5S2. The molecule has 9 heteroatoms. The minimum atomic E-state index is -1.13. The number of ether oxygens (including phenoxy) is 1. The van der Waals surface area contributed by atoms with Crippen LogP contribution in [0.3, 0.4) is 0 Å². The summed E-state index contributed by atoms with van der Waals surface area (Å²) in [6, 6.07) is 8.71. The van der Waals surface area contributed by atoms with Crippen molar-refractivity contribution in [2.75, 3.05) is 13.7 Å². The summed E-state index contributed by atoms with van der Waals surface area (Å²) in [5.41, 5.74) is 0.758. The van der Waals surface area contributed by atoms with E-state index in [1.807, 2.05) is 0 Å². The zero-order valence-electron chi connectivity index (χ0n) is 13.4. The van der Waals surface area contributed by atoms with Crippen molar-refractivity contribution >= 4 is 57.9 Å². The molecule has 1 aliphatic rings. The molecule has 1 aromatic heterocycles. The van der Waals surface area contributed by atoms with Crippen LogP contribution >= 0.6 is 35.6 Å². The van der Waals surface area contributed by atoms with Crippen LogP contribution in [0.1, 0.15) is 5.76 Å². The van der Waals surface area contributed by atoms with Crippen molar-refractivity contribution in [3.63, 3.8) is 0 Å². The molecule has 0 aliphatic carbocycles. The van der Waals surface area contributed by atoms with Gasteiger partial charge >= 0.3 is 5.97 Å². The molecule has 134 valence electrons. The first-order chi connectivity index (χ1) is 12.4. The van der Waals surface area contributed by atoms with Gasteiger partial charge in [0.1, 0.15) is 28.1 Å². The molecule has 1 amide bonds. The number of rotatable bonds is 5. The fourth-order valence-electron chi connectivity index (χ4n) is 2.31. The second-order valence-corrected chi connectivity index (χ2v) is 7.30. The Balaban J connectivity index is 1.83. The maximum Gasteiger partial charge on any atom is 0.323 e. The second kappa shape index (κ2) is 7.53. The summed E-state index contributed by atoms with van der Waals surface area (Å²) in [5, 5.41) is 9.31. The zero-order chi connectivity index (χ0) is 18.8. The minimum absolute atomic E-state index is 0.206. The summed E-state index contributed by atoms with van der Waals surface area (Å²) < 4.78 is 11.1. The Kier molecular flexibility index (Phi) is 5.36. The number of carbonyl (C=O) groups excluding carboxylic acids is 1. The number of hydrogen-bond donors (Lipinski definition) is 1. The standard InChI is InChI=1S/C17H12ClNO5S2/c1-23-13-4-2-9(6-11(13)18)12-5-3-10(24-12)7-14-16(22)19(8-15(20)21)17(25)26-14/h2-7H,8H2,1H3,(H,20,21). The summed E-state index contributed by atoms with van der Waals surface area (Å²) in [6.45, 7) is -0.463. The van der Waals surface area contributed by atoms with Gasteiger partial charge in [0.05, 0.1) is 17.0 Å². The third kappa shape index (κ3) is 3.77. The highest BCUT2D eigenvalue weighted by molar-refractivity contribution is 8.26. The van der Waals surface area contributed by atoms with E-state index < -0.39 is 18.4 Å². The van der Waals surface area contributed by atoms with Crippen LogP contribution in [-0.4, -0.2) is 39.9 Å². The second-order valence-electron chi connectivity index (χ2n) is 5.21. The van der Waals surface area contributed by atoms with Gasteiger partial charge in [0, 0.05) is 11.6 Å². The molecule has 1 aromatic carbocycles. The molecule has 0 atom stereocenters. The van der Waals surface area contributed by atoms with E-state index in [2.05, 4.69) is 0 Å². The molecule has 1 saturated heterocycles. The Morgan fingerprint density at radius 2 is 2.19 bits per heavy atom. The van der Waals surface area contributed by atoms with Crippen LogP contribution in [0.25, 0.3) is 17.4 Å². The Hall–Kier alpha value is -2.29. The molecule has 1 aliphatic heterocycles. The summed E-state index contributed by atoms with van der Waals surface area (Å²) in [4.78, 5) is 24.4. The van der Waals surface area contributed by atoms with Crippen molar-refractivity contribution in [2.24, 2.45) is 0 Å². The van der Waals surface area contributed by atoms with Gasteiger partial charge in [-0.05, 0) is 30.3 Å². The Labute approximate surface area is 163 Å². The summed E-state index contributed by atoms with van der Waals surface area (Å²) in [7, 11) is 1.53. The number of nitrogens with zero attached hydrogens (tertiary/aromatic N) is 1. The lowest BCUT2D eigenvalue weighted by Crippen LogP contribution is -2.33. The molecule has 6 nitrogen and oxygen atoms in total. The number of amides is 1. The predicted molar refractivity (Wildman–Crippen MR) is 103 cm³/mol. The van der Waals surface area contributed by atoms with Crippen molar-refractivity contribution < 1.29 is 23.8 Å². The summed E-state index contributed by atoms with van der Waals surface area (Å²) in [5.74, 6) is 0.000875. The van der Waals surface area contributed by atoms with Gasteiger partial charge in [-0.15, -0.1) is 0 Å². The smallest absolute Gasteiger partial charge is 0.323 e. The summed E-state index contributed by atoms with van der Waals surface area (Å²) in [6.07, 6.45) is 1.54. The SMILES string of the molecule is COc1ccc(-c2ccc(C=C3SC(=S)N(CC(=O)O)C3=O)o2)cc1Cl. The lowest BCUT2D eigenvalue weighted by atomic mass is 10.2. The minimum Gasteiger partial charge on any atom is -0.495 e. The lowest BCUT2D eigenvalue weighted by Gasteiger charge is -2.09. The molecule has 0 saturated carbocycles. The normalized spacial score (nSPS) is 15.8. The van der Waals surface area contributed by atoms with E-state index in [1.54, 1.807) is 30.3 Å².